The van der Waals surface area contributed by atoms with E-state index >= 15 is 0 Å². The lowest BCUT2D eigenvalue weighted by Gasteiger charge is -2.18. The standard InChI is InChI=1S/C18H17N3O3S/c1-21(16-4-2-3-9-19-16)10-11-24-14-7-5-13(6-8-14)12-15-17(22)20-18(23)25-15/h2-9,12H,10-11H2,1H3,(H,20,22,23)/b15-12-. The molecule has 1 N–H and O–H groups in total. The van der Waals surface area contributed by atoms with Crippen molar-refractivity contribution in [1.82, 2.24) is 10.3 Å². The van der Waals surface area contributed by atoms with E-state index in [4.69, 9.17) is 4.74 Å². The molecule has 128 valence electrons. The number of benzene rings is 1. The molecule has 1 aromatic carbocycles. The van der Waals surface area contributed by atoms with E-state index < -0.39 is 0 Å². The van der Waals surface area contributed by atoms with E-state index in [0.29, 0.717) is 18.1 Å². The zero-order chi connectivity index (χ0) is 17.6. The van der Waals surface area contributed by atoms with Gasteiger partial charge in [-0.2, -0.15) is 0 Å². The van der Waals surface area contributed by atoms with Crippen molar-refractivity contribution in [2.75, 3.05) is 25.1 Å². The first-order chi connectivity index (χ1) is 12.1. The van der Waals surface area contributed by atoms with Gasteiger partial charge in [-0.05, 0) is 47.7 Å². The number of likely N-dealkylation sites (N-methyl/N-ethyl adjacent to an activating group) is 1. The highest BCUT2D eigenvalue weighted by atomic mass is 32.2. The van der Waals surface area contributed by atoms with Gasteiger partial charge in [-0.15, -0.1) is 0 Å². The monoisotopic (exact) mass is 355 g/mol. The smallest absolute Gasteiger partial charge is 0.290 e. The average Bonchev–Trinajstić information content (AvgIpc) is 2.94. The van der Waals surface area contributed by atoms with E-state index in [-0.39, 0.29) is 11.1 Å². The van der Waals surface area contributed by atoms with Crippen molar-refractivity contribution in [2.24, 2.45) is 0 Å². The Bertz CT molecular complexity index is 791. The molecule has 1 aliphatic heterocycles. The molecule has 1 aromatic heterocycles. The minimum atomic E-state index is -0.354. The first kappa shape index (κ1) is 17.0. The lowest BCUT2D eigenvalue weighted by atomic mass is 10.2. The summed E-state index contributed by atoms with van der Waals surface area (Å²) in [6.07, 6.45) is 3.44. The number of carbonyl (C=O) groups excluding carboxylic acids is 2. The molecule has 1 aliphatic rings. The molecule has 7 heteroatoms. The number of imide groups is 1. The van der Waals surface area contributed by atoms with Gasteiger partial charge in [-0.3, -0.25) is 14.9 Å². The van der Waals surface area contributed by atoms with E-state index in [1.54, 1.807) is 12.3 Å². The quantitative estimate of drug-likeness (QED) is 0.804. The van der Waals surface area contributed by atoms with Crippen LogP contribution in [-0.4, -0.2) is 36.3 Å². The molecule has 0 saturated carbocycles. The highest BCUT2D eigenvalue weighted by molar-refractivity contribution is 8.18. The van der Waals surface area contributed by atoms with Gasteiger partial charge in [0.25, 0.3) is 11.1 Å². The Balaban J connectivity index is 1.52. The van der Waals surface area contributed by atoms with Crippen LogP contribution in [0.2, 0.25) is 0 Å². The Kier molecular flexibility index (Phi) is 5.35. The SMILES string of the molecule is CN(CCOc1ccc(/C=C2\SC(=O)NC2=O)cc1)c1ccccn1. The Labute approximate surface area is 149 Å². The molecule has 2 aromatic rings. The third-order valence-electron chi connectivity index (χ3n) is 3.56. The number of nitrogens with zero attached hydrogens (tertiary/aromatic N) is 2. The van der Waals surface area contributed by atoms with Crippen LogP contribution in [0, 0.1) is 0 Å². The first-order valence-corrected chi connectivity index (χ1v) is 8.53. The summed E-state index contributed by atoms with van der Waals surface area (Å²) in [6.45, 7) is 1.24. The van der Waals surface area contributed by atoms with Crippen LogP contribution in [0.25, 0.3) is 6.08 Å². The molecular weight excluding hydrogens is 338 g/mol. The summed E-state index contributed by atoms with van der Waals surface area (Å²) >= 11 is 0.907. The molecule has 0 bridgehead atoms. The lowest BCUT2D eigenvalue weighted by molar-refractivity contribution is -0.115. The Morgan fingerprint density at radius 1 is 1.20 bits per heavy atom. The Hall–Kier alpha value is -2.80. The third-order valence-corrected chi connectivity index (χ3v) is 4.37. The number of rotatable bonds is 6. The predicted octanol–water partition coefficient (Wildman–Crippen LogP) is 2.92. The zero-order valence-corrected chi connectivity index (χ0v) is 14.5. The van der Waals surface area contributed by atoms with Crippen LogP contribution in [0.15, 0.2) is 53.6 Å². The Morgan fingerprint density at radius 3 is 2.64 bits per heavy atom. The van der Waals surface area contributed by atoms with Crippen LogP contribution in [0.5, 0.6) is 5.75 Å². The maximum Gasteiger partial charge on any atom is 0.290 e. The van der Waals surface area contributed by atoms with Gasteiger partial charge in [0, 0.05) is 13.2 Å². The molecular formula is C18H17N3O3S. The van der Waals surface area contributed by atoms with E-state index in [2.05, 4.69) is 10.3 Å². The maximum absolute atomic E-state index is 11.5. The summed E-state index contributed by atoms with van der Waals surface area (Å²) in [7, 11) is 1.96. The summed E-state index contributed by atoms with van der Waals surface area (Å²) in [5.41, 5.74) is 0.838. The molecule has 6 nitrogen and oxygen atoms in total. The zero-order valence-electron chi connectivity index (χ0n) is 13.6. The fourth-order valence-electron chi connectivity index (χ4n) is 2.23. The predicted molar refractivity (Wildman–Crippen MR) is 98.6 cm³/mol. The van der Waals surface area contributed by atoms with Crippen LogP contribution in [0.4, 0.5) is 10.6 Å². The fourth-order valence-corrected chi connectivity index (χ4v) is 2.91. The van der Waals surface area contributed by atoms with Crippen molar-refractivity contribution >= 4 is 34.8 Å². The molecule has 1 fully saturated rings. The highest BCUT2D eigenvalue weighted by Crippen LogP contribution is 2.26. The fraction of sp³-hybridized carbons (Fsp3) is 0.167. The number of amides is 2. The molecule has 1 saturated heterocycles. The van der Waals surface area contributed by atoms with Crippen molar-refractivity contribution in [1.29, 1.82) is 0 Å². The number of nitrogens with one attached hydrogen (secondary N) is 1. The van der Waals surface area contributed by atoms with Crippen molar-refractivity contribution in [3.05, 3.63) is 59.1 Å². The molecule has 3 rings (SSSR count). The molecule has 0 spiro atoms. The van der Waals surface area contributed by atoms with E-state index in [0.717, 1.165) is 28.9 Å². The van der Waals surface area contributed by atoms with Gasteiger partial charge in [-0.1, -0.05) is 18.2 Å². The van der Waals surface area contributed by atoms with Crippen molar-refractivity contribution in [2.45, 2.75) is 0 Å². The van der Waals surface area contributed by atoms with Crippen LogP contribution in [-0.2, 0) is 4.79 Å². The second-order valence-corrected chi connectivity index (χ2v) is 6.39. The minimum absolute atomic E-state index is 0.340. The molecule has 0 atom stereocenters. The maximum atomic E-state index is 11.5. The van der Waals surface area contributed by atoms with Crippen molar-refractivity contribution < 1.29 is 14.3 Å². The van der Waals surface area contributed by atoms with Gasteiger partial charge >= 0.3 is 0 Å². The largest absolute Gasteiger partial charge is 0.492 e. The lowest BCUT2D eigenvalue weighted by Crippen LogP contribution is -2.24. The summed E-state index contributed by atoms with van der Waals surface area (Å²) in [6, 6.07) is 13.2. The number of carbonyl (C=O) groups is 2. The number of hydrogen-bond donors (Lipinski definition) is 1. The number of anilines is 1. The molecule has 0 radical (unpaired) electrons. The highest BCUT2D eigenvalue weighted by Gasteiger charge is 2.24. The summed E-state index contributed by atoms with van der Waals surface area (Å²) in [5, 5.41) is 1.89. The van der Waals surface area contributed by atoms with Crippen LogP contribution < -0.4 is 15.0 Å². The average molecular weight is 355 g/mol. The third kappa shape index (κ3) is 4.60. The van der Waals surface area contributed by atoms with Crippen LogP contribution in [0.3, 0.4) is 0 Å². The first-order valence-electron chi connectivity index (χ1n) is 7.72. The number of aromatic nitrogens is 1. The molecule has 0 aliphatic carbocycles. The van der Waals surface area contributed by atoms with Gasteiger partial charge in [0.05, 0.1) is 11.4 Å². The number of hydrogen-bond acceptors (Lipinski definition) is 6. The van der Waals surface area contributed by atoms with Gasteiger partial charge in [0.2, 0.25) is 0 Å². The number of pyridine rings is 1. The number of thioether (sulfide) groups is 1. The Morgan fingerprint density at radius 2 is 2.00 bits per heavy atom. The summed E-state index contributed by atoms with van der Waals surface area (Å²) in [4.78, 5) is 29.4. The van der Waals surface area contributed by atoms with Gasteiger partial charge < -0.3 is 9.64 Å². The normalized spacial score (nSPS) is 15.3. The molecule has 2 amide bonds. The van der Waals surface area contributed by atoms with Gasteiger partial charge in [0.1, 0.15) is 18.2 Å². The minimum Gasteiger partial charge on any atom is -0.492 e. The number of ether oxygens (including phenoxy) is 1. The van der Waals surface area contributed by atoms with E-state index in [9.17, 15) is 9.59 Å². The van der Waals surface area contributed by atoms with Crippen molar-refractivity contribution in [3.63, 3.8) is 0 Å². The van der Waals surface area contributed by atoms with E-state index in [1.807, 2.05) is 54.4 Å². The molecule has 0 unspecified atom stereocenters. The van der Waals surface area contributed by atoms with Crippen molar-refractivity contribution in [3.8, 4) is 5.75 Å². The topological polar surface area (TPSA) is 71.5 Å². The van der Waals surface area contributed by atoms with Gasteiger partial charge in [-0.25, -0.2) is 4.98 Å². The summed E-state index contributed by atoms with van der Waals surface area (Å²) < 4.78 is 5.73. The second kappa shape index (κ2) is 7.85. The van der Waals surface area contributed by atoms with Gasteiger partial charge in [0.15, 0.2) is 0 Å². The molecule has 2 heterocycles. The van der Waals surface area contributed by atoms with E-state index in [1.165, 1.54) is 0 Å². The van der Waals surface area contributed by atoms with Crippen LogP contribution in [0.1, 0.15) is 5.56 Å². The summed E-state index contributed by atoms with van der Waals surface area (Å²) in [5.74, 6) is 1.29. The molecule has 25 heavy (non-hydrogen) atoms. The second-order valence-electron chi connectivity index (χ2n) is 5.38. The van der Waals surface area contributed by atoms with Crippen LogP contribution >= 0.6 is 11.8 Å².